The average Bonchev–Trinajstić information content (AvgIpc) is 2.94. The molecule has 1 aromatic carbocycles. The van der Waals surface area contributed by atoms with E-state index in [1.165, 1.54) is 25.7 Å². The average molecular weight is 328 g/mol. The molecule has 1 aromatic rings. The predicted molar refractivity (Wildman–Crippen MR) is 80.6 cm³/mol. The van der Waals surface area contributed by atoms with E-state index in [1.807, 2.05) is 24.3 Å². The molecule has 0 aromatic heterocycles. The van der Waals surface area contributed by atoms with Gasteiger partial charge in [-0.2, -0.15) is 0 Å². The van der Waals surface area contributed by atoms with Crippen LogP contribution in [0.5, 0.6) is 5.75 Å². The van der Waals surface area contributed by atoms with Crippen molar-refractivity contribution in [3.05, 3.63) is 28.7 Å². The van der Waals surface area contributed by atoms with Crippen LogP contribution in [0.15, 0.2) is 28.7 Å². The molecular formula is C15H22BrNO2. The van der Waals surface area contributed by atoms with Crippen LogP contribution in [0, 0.1) is 0 Å². The molecular weight excluding hydrogens is 306 g/mol. The Morgan fingerprint density at radius 1 is 1.16 bits per heavy atom. The van der Waals surface area contributed by atoms with Crippen LogP contribution in [0.1, 0.15) is 25.7 Å². The molecule has 4 heteroatoms. The maximum absolute atomic E-state index is 9.16. The summed E-state index contributed by atoms with van der Waals surface area (Å²) in [4.78, 5) is 2.37. The third-order valence-electron chi connectivity index (χ3n) is 3.69. The van der Waals surface area contributed by atoms with Crippen molar-refractivity contribution in [1.29, 1.82) is 0 Å². The highest BCUT2D eigenvalue weighted by Gasteiger charge is 2.21. The first-order valence-electron chi connectivity index (χ1n) is 7.03. The summed E-state index contributed by atoms with van der Waals surface area (Å²) >= 11 is 3.41. The van der Waals surface area contributed by atoms with Crippen LogP contribution < -0.4 is 4.74 Å². The Hall–Kier alpha value is -0.580. The molecule has 3 nitrogen and oxygen atoms in total. The summed E-state index contributed by atoms with van der Waals surface area (Å²) < 4.78 is 6.82. The third-order valence-corrected chi connectivity index (χ3v) is 4.22. The van der Waals surface area contributed by atoms with Crippen LogP contribution in [0.3, 0.4) is 0 Å². The highest BCUT2D eigenvalue weighted by molar-refractivity contribution is 9.10. The van der Waals surface area contributed by atoms with Crippen molar-refractivity contribution in [1.82, 2.24) is 4.90 Å². The van der Waals surface area contributed by atoms with Gasteiger partial charge in [0, 0.05) is 23.6 Å². The number of halogens is 1. The van der Waals surface area contributed by atoms with Gasteiger partial charge in [0.1, 0.15) is 12.4 Å². The Labute approximate surface area is 123 Å². The maximum atomic E-state index is 9.16. The molecule has 19 heavy (non-hydrogen) atoms. The number of nitrogens with zero attached hydrogens (tertiary/aromatic N) is 1. The zero-order valence-electron chi connectivity index (χ0n) is 11.2. The van der Waals surface area contributed by atoms with Crippen LogP contribution in [-0.4, -0.2) is 42.4 Å². The molecule has 0 unspecified atom stereocenters. The predicted octanol–water partition coefficient (Wildman–Crippen LogP) is 3.06. The van der Waals surface area contributed by atoms with Crippen LogP contribution >= 0.6 is 15.9 Å². The van der Waals surface area contributed by atoms with E-state index in [-0.39, 0.29) is 6.61 Å². The van der Waals surface area contributed by atoms with Crippen LogP contribution in [-0.2, 0) is 0 Å². The normalized spacial score (nSPS) is 16.2. The third kappa shape index (κ3) is 4.79. The van der Waals surface area contributed by atoms with Crippen molar-refractivity contribution in [2.24, 2.45) is 0 Å². The molecule has 0 spiro atoms. The summed E-state index contributed by atoms with van der Waals surface area (Å²) in [5, 5.41) is 9.16. The minimum Gasteiger partial charge on any atom is -0.492 e. The quantitative estimate of drug-likeness (QED) is 0.835. The van der Waals surface area contributed by atoms with Crippen molar-refractivity contribution >= 4 is 15.9 Å². The standard InChI is InChI=1S/C15H22BrNO2/c16-13-5-7-15(8-6-13)19-12-10-17(9-11-18)14-3-1-2-4-14/h5-8,14,18H,1-4,9-12H2. The Balaban J connectivity index is 1.76. The molecule has 1 saturated carbocycles. The topological polar surface area (TPSA) is 32.7 Å². The van der Waals surface area contributed by atoms with Crippen LogP contribution in [0.25, 0.3) is 0 Å². The number of hydrogen-bond acceptors (Lipinski definition) is 3. The van der Waals surface area contributed by atoms with Crippen molar-refractivity contribution in [2.75, 3.05) is 26.3 Å². The summed E-state index contributed by atoms with van der Waals surface area (Å²) in [5.74, 6) is 0.901. The van der Waals surface area contributed by atoms with Gasteiger partial charge in [-0.15, -0.1) is 0 Å². The lowest BCUT2D eigenvalue weighted by Gasteiger charge is -2.27. The molecule has 0 aliphatic heterocycles. The van der Waals surface area contributed by atoms with Gasteiger partial charge in [0.25, 0.3) is 0 Å². The van der Waals surface area contributed by atoms with Gasteiger partial charge in [0.15, 0.2) is 0 Å². The minimum atomic E-state index is 0.231. The molecule has 0 amide bonds. The van der Waals surface area contributed by atoms with E-state index in [9.17, 15) is 0 Å². The largest absolute Gasteiger partial charge is 0.492 e. The summed E-state index contributed by atoms with van der Waals surface area (Å²) in [7, 11) is 0. The molecule has 106 valence electrons. The molecule has 0 saturated heterocycles. The van der Waals surface area contributed by atoms with Crippen molar-refractivity contribution in [3.63, 3.8) is 0 Å². The van der Waals surface area contributed by atoms with Crippen molar-refractivity contribution < 1.29 is 9.84 Å². The van der Waals surface area contributed by atoms with E-state index in [0.717, 1.165) is 23.3 Å². The first-order chi connectivity index (χ1) is 9.29. The second kappa shape index (κ2) is 7.88. The van der Waals surface area contributed by atoms with Gasteiger partial charge in [-0.05, 0) is 37.1 Å². The molecule has 1 fully saturated rings. The smallest absolute Gasteiger partial charge is 0.119 e. The highest BCUT2D eigenvalue weighted by atomic mass is 79.9. The van der Waals surface area contributed by atoms with Gasteiger partial charge in [-0.1, -0.05) is 28.8 Å². The minimum absolute atomic E-state index is 0.231. The Morgan fingerprint density at radius 2 is 1.84 bits per heavy atom. The van der Waals surface area contributed by atoms with Gasteiger partial charge >= 0.3 is 0 Å². The van der Waals surface area contributed by atoms with Crippen molar-refractivity contribution in [2.45, 2.75) is 31.7 Å². The zero-order valence-corrected chi connectivity index (χ0v) is 12.8. The lowest BCUT2D eigenvalue weighted by molar-refractivity contribution is 0.129. The molecule has 1 aliphatic rings. The fourth-order valence-electron chi connectivity index (χ4n) is 2.69. The van der Waals surface area contributed by atoms with Crippen LogP contribution in [0.4, 0.5) is 0 Å². The van der Waals surface area contributed by atoms with Gasteiger partial charge in [0.2, 0.25) is 0 Å². The van der Waals surface area contributed by atoms with E-state index in [0.29, 0.717) is 12.6 Å². The first kappa shape index (κ1) is 14.8. The van der Waals surface area contributed by atoms with E-state index >= 15 is 0 Å². The zero-order chi connectivity index (χ0) is 13.5. The lowest BCUT2D eigenvalue weighted by Crippen LogP contribution is -2.38. The maximum Gasteiger partial charge on any atom is 0.119 e. The molecule has 1 N–H and O–H groups in total. The monoisotopic (exact) mass is 327 g/mol. The number of aliphatic hydroxyl groups excluding tert-OH is 1. The molecule has 0 heterocycles. The highest BCUT2D eigenvalue weighted by Crippen LogP contribution is 2.23. The summed E-state index contributed by atoms with van der Waals surface area (Å²) in [6, 6.07) is 8.54. The number of benzene rings is 1. The molecule has 0 radical (unpaired) electrons. The number of rotatable bonds is 7. The molecule has 2 rings (SSSR count). The van der Waals surface area contributed by atoms with Crippen LogP contribution in [0.2, 0.25) is 0 Å². The molecule has 0 atom stereocenters. The second-order valence-corrected chi connectivity index (χ2v) is 5.92. The van der Waals surface area contributed by atoms with E-state index < -0.39 is 0 Å². The van der Waals surface area contributed by atoms with Crippen molar-refractivity contribution in [3.8, 4) is 5.75 Å². The number of hydrogen-bond donors (Lipinski definition) is 1. The van der Waals surface area contributed by atoms with Gasteiger partial charge in [0.05, 0.1) is 6.61 Å². The van der Waals surface area contributed by atoms with E-state index in [4.69, 9.17) is 9.84 Å². The molecule has 1 aliphatic carbocycles. The van der Waals surface area contributed by atoms with Gasteiger partial charge < -0.3 is 9.84 Å². The summed E-state index contributed by atoms with van der Waals surface area (Å²) in [6.45, 7) is 2.56. The fraction of sp³-hybridized carbons (Fsp3) is 0.600. The Bertz CT molecular complexity index is 363. The second-order valence-electron chi connectivity index (χ2n) is 5.00. The van der Waals surface area contributed by atoms with E-state index in [1.54, 1.807) is 0 Å². The Kier molecular flexibility index (Phi) is 6.14. The SMILES string of the molecule is OCCN(CCOc1ccc(Br)cc1)C1CCCC1. The summed E-state index contributed by atoms with van der Waals surface area (Å²) in [6.07, 6.45) is 5.16. The van der Waals surface area contributed by atoms with Gasteiger partial charge in [-0.25, -0.2) is 0 Å². The van der Waals surface area contributed by atoms with Gasteiger partial charge in [-0.3, -0.25) is 4.90 Å². The lowest BCUT2D eigenvalue weighted by atomic mass is 10.2. The Morgan fingerprint density at radius 3 is 2.47 bits per heavy atom. The fourth-order valence-corrected chi connectivity index (χ4v) is 2.95. The van der Waals surface area contributed by atoms with E-state index in [2.05, 4.69) is 20.8 Å². The molecule has 0 bridgehead atoms. The first-order valence-corrected chi connectivity index (χ1v) is 7.82. The summed E-state index contributed by atoms with van der Waals surface area (Å²) in [5.41, 5.74) is 0. The number of ether oxygens (including phenoxy) is 1. The number of aliphatic hydroxyl groups is 1.